The smallest absolute Gasteiger partial charge is 0.264 e. The summed E-state index contributed by atoms with van der Waals surface area (Å²) in [4.78, 5) is 0. The van der Waals surface area contributed by atoms with Crippen LogP contribution in [0.25, 0.3) is 0 Å². The summed E-state index contributed by atoms with van der Waals surface area (Å²) < 4.78 is 28.7. The minimum Gasteiger partial charge on any atom is -0.286 e. The van der Waals surface area contributed by atoms with Gasteiger partial charge in [-0.05, 0) is 12.3 Å². The van der Waals surface area contributed by atoms with Gasteiger partial charge in [0.25, 0.3) is 10.1 Å². The fourth-order valence-corrected chi connectivity index (χ4v) is 1.31. The Bertz CT molecular complexity index is 239. The molecule has 0 radical (unpaired) electrons. The first-order valence-corrected chi connectivity index (χ1v) is 4.88. The Morgan fingerprint density at radius 1 is 1.64 bits per heavy atom. The molecule has 0 aromatic carbocycles. The summed E-state index contributed by atoms with van der Waals surface area (Å²) in [5.41, 5.74) is 0. The normalized spacial score (nSPS) is 13.9. The van der Waals surface area contributed by atoms with Gasteiger partial charge in [-0.1, -0.05) is 6.92 Å². The molecule has 1 atom stereocenters. The van der Waals surface area contributed by atoms with Crippen LogP contribution in [0.5, 0.6) is 0 Å². The highest BCUT2D eigenvalue weighted by atomic mass is 32.2. The minimum absolute atomic E-state index is 0.0296. The maximum absolute atomic E-state index is 10.2. The van der Waals surface area contributed by atoms with Crippen LogP contribution in [0.3, 0.4) is 0 Å². The maximum atomic E-state index is 10.2. The molecule has 0 aliphatic carbocycles. The molecule has 0 bridgehead atoms. The van der Waals surface area contributed by atoms with Crippen LogP contribution >= 0.6 is 0 Å². The molecule has 0 aromatic rings. The molecule has 0 rings (SSSR count). The average Bonchev–Trinajstić information content (AvgIpc) is 1.83. The van der Waals surface area contributed by atoms with Gasteiger partial charge in [0.1, 0.15) is 0 Å². The van der Waals surface area contributed by atoms with Crippen molar-refractivity contribution in [1.82, 2.24) is 0 Å². The van der Waals surface area contributed by atoms with Crippen molar-refractivity contribution < 1.29 is 13.0 Å². The lowest BCUT2D eigenvalue weighted by Gasteiger charge is -2.03. The van der Waals surface area contributed by atoms with Crippen molar-refractivity contribution in [3.63, 3.8) is 0 Å². The second-order valence-corrected chi connectivity index (χ2v) is 4.11. The first-order chi connectivity index (χ1) is 4.95. The fraction of sp³-hybridized carbons (Fsp3) is 0.833. The molecule has 11 heavy (non-hydrogen) atoms. The van der Waals surface area contributed by atoms with Crippen LogP contribution in [0.4, 0.5) is 0 Å². The van der Waals surface area contributed by atoms with Gasteiger partial charge in [0, 0.05) is 6.42 Å². The number of hydrogen-bond donors (Lipinski definition) is 1. The van der Waals surface area contributed by atoms with Crippen molar-refractivity contribution in [3.8, 4) is 6.07 Å². The Labute approximate surface area is 66.6 Å². The molecular formula is C6H11NO3S. The van der Waals surface area contributed by atoms with E-state index in [9.17, 15) is 8.42 Å². The topological polar surface area (TPSA) is 78.2 Å². The highest BCUT2D eigenvalue weighted by Gasteiger charge is 2.08. The Hall–Kier alpha value is -0.600. The van der Waals surface area contributed by atoms with Crippen molar-refractivity contribution >= 4 is 10.1 Å². The molecule has 0 fully saturated rings. The lowest BCUT2D eigenvalue weighted by molar-refractivity contribution is 0.470. The van der Waals surface area contributed by atoms with Gasteiger partial charge in [0.05, 0.1) is 11.8 Å². The predicted molar refractivity (Wildman–Crippen MR) is 40.4 cm³/mol. The van der Waals surface area contributed by atoms with Crippen LogP contribution in [-0.4, -0.2) is 18.7 Å². The molecule has 0 aliphatic rings. The standard InChI is InChI=1S/C6H11NO3S/c1-6(2-4-7)3-5-11(8,9)10/h6H,2-3,5H2,1H3,(H,8,9,10)/t6-/m0/s1. The fourth-order valence-electron chi connectivity index (χ4n) is 0.608. The largest absolute Gasteiger partial charge is 0.286 e. The van der Waals surface area contributed by atoms with E-state index in [0.717, 1.165) is 0 Å². The van der Waals surface area contributed by atoms with E-state index in [1.165, 1.54) is 0 Å². The lowest BCUT2D eigenvalue weighted by atomic mass is 10.1. The molecule has 0 saturated carbocycles. The molecule has 0 spiro atoms. The van der Waals surface area contributed by atoms with Crippen LogP contribution in [0, 0.1) is 17.2 Å². The monoisotopic (exact) mass is 177 g/mol. The Morgan fingerprint density at radius 2 is 2.18 bits per heavy atom. The Morgan fingerprint density at radius 3 is 2.55 bits per heavy atom. The predicted octanol–water partition coefficient (Wildman–Crippen LogP) is 0.814. The number of rotatable bonds is 4. The Balaban J connectivity index is 3.65. The highest BCUT2D eigenvalue weighted by Crippen LogP contribution is 2.06. The van der Waals surface area contributed by atoms with Crippen LogP contribution in [0.1, 0.15) is 19.8 Å². The molecule has 1 N–H and O–H groups in total. The summed E-state index contributed by atoms with van der Waals surface area (Å²) in [7, 11) is -3.85. The molecular weight excluding hydrogens is 166 g/mol. The maximum Gasteiger partial charge on any atom is 0.264 e. The van der Waals surface area contributed by atoms with Crippen molar-refractivity contribution in [1.29, 1.82) is 5.26 Å². The third-order valence-electron chi connectivity index (χ3n) is 1.31. The van der Waals surface area contributed by atoms with Gasteiger partial charge in [0.15, 0.2) is 0 Å². The van der Waals surface area contributed by atoms with Gasteiger partial charge in [-0.2, -0.15) is 13.7 Å². The zero-order valence-corrected chi connectivity index (χ0v) is 7.13. The van der Waals surface area contributed by atoms with E-state index in [-0.39, 0.29) is 11.7 Å². The van der Waals surface area contributed by atoms with E-state index in [4.69, 9.17) is 9.81 Å². The van der Waals surface area contributed by atoms with Gasteiger partial charge in [-0.25, -0.2) is 0 Å². The SMILES string of the molecule is C[C@@H](CC#N)CCS(=O)(=O)O. The first kappa shape index (κ1) is 10.4. The van der Waals surface area contributed by atoms with E-state index in [0.29, 0.717) is 12.8 Å². The average molecular weight is 177 g/mol. The molecule has 4 nitrogen and oxygen atoms in total. The molecule has 0 saturated heterocycles. The van der Waals surface area contributed by atoms with Gasteiger partial charge in [0.2, 0.25) is 0 Å². The van der Waals surface area contributed by atoms with Crippen LogP contribution < -0.4 is 0 Å². The van der Waals surface area contributed by atoms with Crippen LogP contribution in [0.15, 0.2) is 0 Å². The van der Waals surface area contributed by atoms with E-state index in [2.05, 4.69) is 0 Å². The van der Waals surface area contributed by atoms with Crippen molar-refractivity contribution in [2.45, 2.75) is 19.8 Å². The number of hydrogen-bond acceptors (Lipinski definition) is 3. The number of nitriles is 1. The summed E-state index contributed by atoms with van der Waals surface area (Å²) in [6, 6.07) is 1.93. The Kier molecular flexibility index (Phi) is 4.08. The van der Waals surface area contributed by atoms with E-state index in [1.807, 2.05) is 6.07 Å². The van der Waals surface area contributed by atoms with Crippen LogP contribution in [0.2, 0.25) is 0 Å². The lowest BCUT2D eigenvalue weighted by Crippen LogP contribution is -2.07. The summed E-state index contributed by atoms with van der Waals surface area (Å²) in [6.45, 7) is 1.77. The number of nitrogens with zero attached hydrogens (tertiary/aromatic N) is 1. The van der Waals surface area contributed by atoms with E-state index in [1.54, 1.807) is 6.92 Å². The summed E-state index contributed by atoms with van der Waals surface area (Å²) in [5, 5.41) is 8.20. The first-order valence-electron chi connectivity index (χ1n) is 3.28. The summed E-state index contributed by atoms with van der Waals surface area (Å²) in [6.07, 6.45) is 0.669. The molecule has 0 heterocycles. The third-order valence-corrected chi connectivity index (χ3v) is 2.06. The molecule has 64 valence electrons. The summed E-state index contributed by atoms with van der Waals surface area (Å²) in [5.74, 6) is -0.225. The van der Waals surface area contributed by atoms with E-state index >= 15 is 0 Å². The molecule has 0 amide bonds. The molecule has 5 heteroatoms. The van der Waals surface area contributed by atoms with Gasteiger partial charge < -0.3 is 0 Å². The third kappa shape index (κ3) is 7.30. The van der Waals surface area contributed by atoms with E-state index < -0.39 is 10.1 Å². The molecule has 0 unspecified atom stereocenters. The van der Waals surface area contributed by atoms with Crippen LogP contribution in [-0.2, 0) is 10.1 Å². The van der Waals surface area contributed by atoms with Gasteiger partial charge in [-0.3, -0.25) is 4.55 Å². The van der Waals surface area contributed by atoms with Gasteiger partial charge >= 0.3 is 0 Å². The highest BCUT2D eigenvalue weighted by molar-refractivity contribution is 7.85. The molecule has 0 aromatic heterocycles. The zero-order valence-electron chi connectivity index (χ0n) is 6.32. The second-order valence-electron chi connectivity index (χ2n) is 2.54. The van der Waals surface area contributed by atoms with Gasteiger partial charge in [-0.15, -0.1) is 0 Å². The van der Waals surface area contributed by atoms with Crippen molar-refractivity contribution in [2.24, 2.45) is 5.92 Å². The minimum atomic E-state index is -3.85. The zero-order chi connectivity index (χ0) is 8.91. The summed E-state index contributed by atoms with van der Waals surface area (Å²) >= 11 is 0. The quantitative estimate of drug-likeness (QED) is 0.644. The second kappa shape index (κ2) is 4.31. The molecule has 0 aliphatic heterocycles. The van der Waals surface area contributed by atoms with Crippen molar-refractivity contribution in [2.75, 3.05) is 5.75 Å². The van der Waals surface area contributed by atoms with Crippen molar-refractivity contribution in [3.05, 3.63) is 0 Å².